The zero-order chi connectivity index (χ0) is 7.40. The van der Waals surface area contributed by atoms with E-state index in [9.17, 15) is 0 Å². The Hall–Kier alpha value is -0.830. The third-order valence-electron chi connectivity index (χ3n) is 1.36. The van der Waals surface area contributed by atoms with Crippen molar-refractivity contribution >= 4 is 0 Å². The zero-order valence-electron chi connectivity index (χ0n) is 6.12. The van der Waals surface area contributed by atoms with Gasteiger partial charge in [0.15, 0.2) is 0 Å². The first-order valence-electron chi connectivity index (χ1n) is 3.42. The minimum absolute atomic E-state index is 0.247. The predicted octanol–water partition coefficient (Wildman–Crippen LogP) is 0.345. The average Bonchev–Trinajstić information content (AvgIpc) is 2.31. The van der Waals surface area contributed by atoms with Gasteiger partial charge in [-0.05, 0) is 18.9 Å². The largest absolute Gasteiger partial charge is 0.396 e. The van der Waals surface area contributed by atoms with Gasteiger partial charge in [0.25, 0.3) is 0 Å². The molecule has 0 fully saturated rings. The van der Waals surface area contributed by atoms with Crippen LogP contribution in [0.1, 0.15) is 12.1 Å². The van der Waals surface area contributed by atoms with Crippen molar-refractivity contribution in [3.8, 4) is 0 Å². The molecule has 0 amide bonds. The first kappa shape index (κ1) is 7.28. The highest BCUT2D eigenvalue weighted by atomic mass is 16.2. The molecule has 0 aliphatic heterocycles. The molecule has 0 radical (unpaired) electrons. The molecular formula is C7H12N2O. The topological polar surface area (TPSA) is 38.0 Å². The van der Waals surface area contributed by atoms with Crippen molar-refractivity contribution in [2.75, 3.05) is 6.61 Å². The maximum absolute atomic E-state index is 8.50. The second-order valence-corrected chi connectivity index (χ2v) is 2.31. The van der Waals surface area contributed by atoms with Crippen LogP contribution in [0.15, 0.2) is 12.3 Å². The Balaban J connectivity index is 2.42. The van der Waals surface area contributed by atoms with Crippen molar-refractivity contribution in [1.82, 2.24) is 9.78 Å². The van der Waals surface area contributed by atoms with Gasteiger partial charge >= 0.3 is 0 Å². The van der Waals surface area contributed by atoms with Crippen molar-refractivity contribution in [2.24, 2.45) is 7.05 Å². The summed E-state index contributed by atoms with van der Waals surface area (Å²) in [5.41, 5.74) is 1.05. The van der Waals surface area contributed by atoms with Gasteiger partial charge in [0, 0.05) is 19.9 Å². The number of aliphatic hydroxyl groups excluding tert-OH is 1. The Morgan fingerprint density at radius 1 is 1.70 bits per heavy atom. The number of rotatable bonds is 3. The van der Waals surface area contributed by atoms with Crippen LogP contribution in [0.2, 0.25) is 0 Å². The Morgan fingerprint density at radius 2 is 2.50 bits per heavy atom. The van der Waals surface area contributed by atoms with Gasteiger partial charge in [-0.3, -0.25) is 4.68 Å². The van der Waals surface area contributed by atoms with E-state index in [1.807, 2.05) is 19.3 Å². The van der Waals surface area contributed by atoms with E-state index >= 15 is 0 Å². The fourth-order valence-electron chi connectivity index (χ4n) is 0.857. The van der Waals surface area contributed by atoms with Gasteiger partial charge < -0.3 is 5.11 Å². The maximum atomic E-state index is 8.50. The molecule has 0 atom stereocenters. The van der Waals surface area contributed by atoms with E-state index in [4.69, 9.17) is 5.11 Å². The van der Waals surface area contributed by atoms with Gasteiger partial charge in [-0.1, -0.05) is 0 Å². The highest BCUT2D eigenvalue weighted by molar-refractivity contribution is 4.98. The highest BCUT2D eigenvalue weighted by Crippen LogP contribution is 1.97. The summed E-state index contributed by atoms with van der Waals surface area (Å²) >= 11 is 0. The molecule has 56 valence electrons. The molecular weight excluding hydrogens is 128 g/mol. The quantitative estimate of drug-likeness (QED) is 0.657. The molecule has 0 aliphatic rings. The average molecular weight is 140 g/mol. The SMILES string of the molecule is Cn1ccc(CCCO)n1. The van der Waals surface area contributed by atoms with E-state index in [1.54, 1.807) is 4.68 Å². The van der Waals surface area contributed by atoms with E-state index < -0.39 is 0 Å². The normalized spacial score (nSPS) is 10.2. The van der Waals surface area contributed by atoms with Crippen LogP contribution in [0.5, 0.6) is 0 Å². The lowest BCUT2D eigenvalue weighted by Crippen LogP contribution is -1.93. The molecule has 0 bridgehead atoms. The van der Waals surface area contributed by atoms with Crippen LogP contribution in [-0.4, -0.2) is 21.5 Å². The highest BCUT2D eigenvalue weighted by Gasteiger charge is 1.93. The molecule has 10 heavy (non-hydrogen) atoms. The fraction of sp³-hybridized carbons (Fsp3) is 0.571. The number of hydrogen-bond donors (Lipinski definition) is 1. The first-order chi connectivity index (χ1) is 4.83. The molecule has 3 nitrogen and oxygen atoms in total. The molecule has 1 aromatic rings. The molecule has 1 aromatic heterocycles. The van der Waals surface area contributed by atoms with Crippen molar-refractivity contribution in [3.05, 3.63) is 18.0 Å². The van der Waals surface area contributed by atoms with Gasteiger partial charge in [-0.25, -0.2) is 0 Å². The molecule has 0 aromatic carbocycles. The second kappa shape index (κ2) is 3.37. The van der Waals surface area contributed by atoms with Crippen LogP contribution in [0.25, 0.3) is 0 Å². The monoisotopic (exact) mass is 140 g/mol. The molecule has 0 saturated carbocycles. The number of aryl methyl sites for hydroxylation is 2. The molecule has 3 heteroatoms. The van der Waals surface area contributed by atoms with Gasteiger partial charge in [0.05, 0.1) is 5.69 Å². The summed E-state index contributed by atoms with van der Waals surface area (Å²) in [4.78, 5) is 0. The van der Waals surface area contributed by atoms with Gasteiger partial charge in [0.1, 0.15) is 0 Å². The molecule has 0 saturated heterocycles. The van der Waals surface area contributed by atoms with E-state index in [0.717, 1.165) is 18.5 Å². The number of aromatic nitrogens is 2. The van der Waals surface area contributed by atoms with Crippen molar-refractivity contribution in [1.29, 1.82) is 0 Å². The lowest BCUT2D eigenvalue weighted by atomic mass is 10.2. The molecule has 0 spiro atoms. The van der Waals surface area contributed by atoms with E-state index in [1.165, 1.54) is 0 Å². The molecule has 0 aliphatic carbocycles. The summed E-state index contributed by atoms with van der Waals surface area (Å²) in [5.74, 6) is 0. The third kappa shape index (κ3) is 1.84. The van der Waals surface area contributed by atoms with Crippen LogP contribution in [-0.2, 0) is 13.5 Å². The van der Waals surface area contributed by atoms with Crippen LogP contribution >= 0.6 is 0 Å². The Kier molecular flexibility index (Phi) is 2.45. The molecule has 1 rings (SSSR count). The minimum atomic E-state index is 0.247. The minimum Gasteiger partial charge on any atom is -0.396 e. The van der Waals surface area contributed by atoms with Gasteiger partial charge in [0.2, 0.25) is 0 Å². The van der Waals surface area contributed by atoms with Crippen LogP contribution in [0.3, 0.4) is 0 Å². The standard InChI is InChI=1S/C7H12N2O/c1-9-5-4-7(8-9)3-2-6-10/h4-5,10H,2-3,6H2,1H3. The summed E-state index contributed by atoms with van der Waals surface area (Å²) in [6.45, 7) is 0.247. The predicted molar refractivity (Wildman–Crippen MR) is 38.6 cm³/mol. The summed E-state index contributed by atoms with van der Waals surface area (Å²) in [6, 6.07) is 1.97. The Bertz CT molecular complexity index is 195. The Morgan fingerprint density at radius 3 is 3.00 bits per heavy atom. The van der Waals surface area contributed by atoms with Crippen LogP contribution in [0.4, 0.5) is 0 Å². The lowest BCUT2D eigenvalue weighted by molar-refractivity contribution is 0.288. The molecule has 1 heterocycles. The molecule has 1 N–H and O–H groups in total. The smallest absolute Gasteiger partial charge is 0.0625 e. The van der Waals surface area contributed by atoms with Crippen LogP contribution < -0.4 is 0 Å². The lowest BCUT2D eigenvalue weighted by Gasteiger charge is -1.90. The summed E-state index contributed by atoms with van der Waals surface area (Å²) < 4.78 is 1.77. The maximum Gasteiger partial charge on any atom is 0.0625 e. The molecule has 0 unspecified atom stereocenters. The number of aliphatic hydroxyl groups is 1. The fourth-order valence-corrected chi connectivity index (χ4v) is 0.857. The summed E-state index contributed by atoms with van der Waals surface area (Å²) in [5, 5.41) is 12.7. The van der Waals surface area contributed by atoms with E-state index in [2.05, 4.69) is 5.10 Å². The Labute approximate surface area is 60.3 Å². The van der Waals surface area contributed by atoms with Crippen molar-refractivity contribution in [2.45, 2.75) is 12.8 Å². The van der Waals surface area contributed by atoms with Crippen molar-refractivity contribution in [3.63, 3.8) is 0 Å². The first-order valence-corrected chi connectivity index (χ1v) is 3.42. The zero-order valence-corrected chi connectivity index (χ0v) is 6.12. The number of nitrogens with zero attached hydrogens (tertiary/aromatic N) is 2. The van der Waals surface area contributed by atoms with E-state index in [-0.39, 0.29) is 6.61 Å². The summed E-state index contributed by atoms with van der Waals surface area (Å²) in [6.07, 6.45) is 3.58. The van der Waals surface area contributed by atoms with E-state index in [0.29, 0.717) is 0 Å². The second-order valence-electron chi connectivity index (χ2n) is 2.31. The van der Waals surface area contributed by atoms with Gasteiger partial charge in [-0.2, -0.15) is 5.10 Å². The van der Waals surface area contributed by atoms with Gasteiger partial charge in [-0.15, -0.1) is 0 Å². The van der Waals surface area contributed by atoms with Crippen LogP contribution in [0, 0.1) is 0 Å². The van der Waals surface area contributed by atoms with Crippen molar-refractivity contribution < 1.29 is 5.11 Å². The summed E-state index contributed by atoms with van der Waals surface area (Å²) in [7, 11) is 1.89. The third-order valence-corrected chi connectivity index (χ3v) is 1.36. The number of hydrogen-bond acceptors (Lipinski definition) is 2.